The van der Waals surface area contributed by atoms with Crippen LogP contribution in [0.3, 0.4) is 0 Å². The van der Waals surface area contributed by atoms with Crippen molar-refractivity contribution in [3.63, 3.8) is 0 Å². The Kier molecular flexibility index (Phi) is 4.73. The summed E-state index contributed by atoms with van der Waals surface area (Å²) in [6.07, 6.45) is 0.933. The Balaban J connectivity index is 2.46. The number of halogens is 1. The molecule has 1 aromatic carbocycles. The highest BCUT2D eigenvalue weighted by atomic mass is 79.9. The van der Waals surface area contributed by atoms with E-state index >= 15 is 0 Å². The number of ether oxygens (including phenoxy) is 1. The second-order valence-corrected chi connectivity index (χ2v) is 3.49. The van der Waals surface area contributed by atoms with Gasteiger partial charge in [0.05, 0.1) is 12.5 Å². The molecule has 12 heavy (non-hydrogen) atoms. The van der Waals surface area contributed by atoms with Crippen LogP contribution >= 0.6 is 28.6 Å². The zero-order chi connectivity index (χ0) is 8.81. The average molecular weight is 247 g/mol. The van der Waals surface area contributed by atoms with E-state index in [0.29, 0.717) is 5.94 Å². The van der Waals surface area contributed by atoms with E-state index in [1.807, 2.05) is 18.2 Å². The molecular weight excluding hydrogens is 236 g/mol. The lowest BCUT2D eigenvalue weighted by Crippen LogP contribution is -1.97. The molecule has 0 atom stereocenters. The average Bonchev–Trinajstić information content (AvgIpc) is 2.09. The second-order valence-electron chi connectivity index (χ2n) is 2.38. The van der Waals surface area contributed by atoms with Crippen LogP contribution in [-0.4, -0.2) is 12.5 Å². The van der Waals surface area contributed by atoms with E-state index in [-0.39, 0.29) is 0 Å². The first-order valence-corrected chi connectivity index (χ1v) is 5.19. The third-order valence-corrected chi connectivity index (χ3v) is 2.52. The quantitative estimate of drug-likeness (QED) is 0.489. The van der Waals surface area contributed by atoms with Crippen molar-refractivity contribution >= 4 is 28.6 Å². The van der Waals surface area contributed by atoms with Crippen LogP contribution in [0.15, 0.2) is 28.7 Å². The van der Waals surface area contributed by atoms with Crippen LogP contribution in [0.4, 0.5) is 0 Å². The molecule has 0 heterocycles. The highest BCUT2D eigenvalue weighted by molar-refractivity contribution is 9.10. The molecule has 0 radical (unpaired) electrons. The van der Waals surface area contributed by atoms with Crippen molar-refractivity contribution in [2.24, 2.45) is 0 Å². The molecule has 0 fully saturated rings. The first-order chi connectivity index (χ1) is 5.84. The van der Waals surface area contributed by atoms with E-state index in [9.17, 15) is 0 Å². The molecule has 0 spiro atoms. The van der Waals surface area contributed by atoms with Gasteiger partial charge in [0, 0.05) is 4.47 Å². The molecule has 1 nitrogen and oxygen atoms in total. The molecule has 1 rings (SSSR count). The molecule has 66 valence electrons. The van der Waals surface area contributed by atoms with Crippen LogP contribution in [0.2, 0.25) is 0 Å². The fourth-order valence-electron chi connectivity index (χ4n) is 0.948. The highest BCUT2D eigenvalue weighted by Crippen LogP contribution is 2.16. The molecule has 0 saturated carbocycles. The van der Waals surface area contributed by atoms with Gasteiger partial charge in [0.1, 0.15) is 0 Å². The van der Waals surface area contributed by atoms with Gasteiger partial charge < -0.3 is 4.74 Å². The number of rotatable bonds is 4. The topological polar surface area (TPSA) is 9.23 Å². The Morgan fingerprint density at radius 1 is 1.33 bits per heavy atom. The fraction of sp³-hybridized carbons (Fsp3) is 0.333. The first-order valence-electron chi connectivity index (χ1n) is 3.76. The van der Waals surface area contributed by atoms with Crippen molar-refractivity contribution in [2.75, 3.05) is 12.5 Å². The van der Waals surface area contributed by atoms with Gasteiger partial charge in [-0.1, -0.05) is 34.1 Å². The van der Waals surface area contributed by atoms with Crippen LogP contribution in [0, 0.1) is 0 Å². The Hall–Kier alpha value is 0.01000. The Labute approximate surface area is 86.7 Å². The molecule has 0 aliphatic rings. The summed E-state index contributed by atoms with van der Waals surface area (Å²) < 4.78 is 6.28. The van der Waals surface area contributed by atoms with Gasteiger partial charge in [-0.25, -0.2) is 0 Å². The molecule has 1 aromatic rings. The fourth-order valence-corrected chi connectivity index (χ4v) is 1.56. The van der Waals surface area contributed by atoms with E-state index in [4.69, 9.17) is 4.74 Å². The Bertz CT molecular complexity index is 240. The van der Waals surface area contributed by atoms with Crippen LogP contribution in [0.5, 0.6) is 0 Å². The maximum atomic E-state index is 5.14. The van der Waals surface area contributed by atoms with Crippen LogP contribution in [-0.2, 0) is 11.2 Å². The third-order valence-electron chi connectivity index (χ3n) is 1.56. The monoisotopic (exact) mass is 246 g/mol. The van der Waals surface area contributed by atoms with Crippen LogP contribution in [0.25, 0.3) is 0 Å². The SMILES string of the molecule is SCOCCc1ccccc1Br. The van der Waals surface area contributed by atoms with Crippen molar-refractivity contribution in [1.82, 2.24) is 0 Å². The summed E-state index contributed by atoms with van der Waals surface area (Å²) in [7, 11) is 0. The van der Waals surface area contributed by atoms with E-state index in [0.717, 1.165) is 17.5 Å². The first kappa shape index (κ1) is 10.1. The molecule has 0 saturated heterocycles. The summed E-state index contributed by atoms with van der Waals surface area (Å²) in [6, 6.07) is 8.16. The normalized spacial score (nSPS) is 10.2. The van der Waals surface area contributed by atoms with Gasteiger partial charge in [-0.2, -0.15) is 12.6 Å². The molecule has 0 amide bonds. The predicted octanol–water partition coefficient (Wildman–Crippen LogP) is 2.90. The number of hydrogen-bond acceptors (Lipinski definition) is 2. The smallest absolute Gasteiger partial charge is 0.0892 e. The molecule has 3 heteroatoms. The molecule has 0 aromatic heterocycles. The second kappa shape index (κ2) is 5.62. The van der Waals surface area contributed by atoms with Crippen molar-refractivity contribution in [1.29, 1.82) is 0 Å². The van der Waals surface area contributed by atoms with Gasteiger partial charge in [-0.15, -0.1) is 0 Å². The minimum atomic E-state index is 0.491. The number of thiol groups is 1. The lowest BCUT2D eigenvalue weighted by molar-refractivity contribution is 0.187. The molecular formula is C9H11BrOS. The zero-order valence-corrected chi connectivity index (χ0v) is 9.14. The molecule has 0 bridgehead atoms. The molecule has 0 aliphatic heterocycles. The van der Waals surface area contributed by atoms with E-state index in [1.54, 1.807) is 0 Å². The largest absolute Gasteiger partial charge is 0.371 e. The van der Waals surface area contributed by atoms with Gasteiger partial charge in [-0.3, -0.25) is 0 Å². The van der Waals surface area contributed by atoms with Gasteiger partial charge in [0.15, 0.2) is 0 Å². The van der Waals surface area contributed by atoms with Crippen molar-refractivity contribution < 1.29 is 4.74 Å². The minimum absolute atomic E-state index is 0.491. The standard InChI is InChI=1S/C9H11BrOS/c10-9-4-2-1-3-8(9)5-6-11-7-12/h1-4,12H,5-7H2. The third kappa shape index (κ3) is 3.17. The summed E-state index contributed by atoms with van der Waals surface area (Å²) in [5.41, 5.74) is 1.28. The van der Waals surface area contributed by atoms with Gasteiger partial charge in [-0.05, 0) is 18.1 Å². The maximum Gasteiger partial charge on any atom is 0.0892 e. The lowest BCUT2D eigenvalue weighted by Gasteiger charge is -2.03. The predicted molar refractivity (Wildman–Crippen MR) is 57.7 cm³/mol. The Morgan fingerprint density at radius 2 is 2.08 bits per heavy atom. The van der Waals surface area contributed by atoms with Gasteiger partial charge in [0.2, 0.25) is 0 Å². The molecule has 0 aliphatic carbocycles. The van der Waals surface area contributed by atoms with E-state index in [2.05, 4.69) is 34.6 Å². The van der Waals surface area contributed by atoms with Gasteiger partial charge in [0.25, 0.3) is 0 Å². The maximum absolute atomic E-state index is 5.14. The number of benzene rings is 1. The molecule has 0 unspecified atom stereocenters. The van der Waals surface area contributed by atoms with Gasteiger partial charge >= 0.3 is 0 Å². The summed E-state index contributed by atoms with van der Waals surface area (Å²) in [6.45, 7) is 0.728. The zero-order valence-electron chi connectivity index (χ0n) is 6.66. The summed E-state index contributed by atoms with van der Waals surface area (Å²) in [4.78, 5) is 0. The lowest BCUT2D eigenvalue weighted by atomic mass is 10.2. The molecule has 0 N–H and O–H groups in total. The van der Waals surface area contributed by atoms with Crippen molar-refractivity contribution in [2.45, 2.75) is 6.42 Å². The van der Waals surface area contributed by atoms with E-state index < -0.39 is 0 Å². The summed E-state index contributed by atoms with van der Waals surface area (Å²) >= 11 is 7.43. The van der Waals surface area contributed by atoms with Crippen LogP contribution < -0.4 is 0 Å². The van der Waals surface area contributed by atoms with Crippen molar-refractivity contribution in [3.05, 3.63) is 34.3 Å². The number of hydrogen-bond donors (Lipinski definition) is 1. The Morgan fingerprint density at radius 3 is 2.75 bits per heavy atom. The highest BCUT2D eigenvalue weighted by Gasteiger charge is 1.96. The minimum Gasteiger partial charge on any atom is -0.371 e. The summed E-state index contributed by atoms with van der Waals surface area (Å²) in [5.74, 6) is 0.491. The van der Waals surface area contributed by atoms with E-state index in [1.165, 1.54) is 5.56 Å². The van der Waals surface area contributed by atoms with Crippen molar-refractivity contribution in [3.8, 4) is 0 Å². The summed E-state index contributed by atoms with van der Waals surface area (Å²) in [5, 5.41) is 0. The van der Waals surface area contributed by atoms with Crippen LogP contribution in [0.1, 0.15) is 5.56 Å².